The van der Waals surface area contributed by atoms with Gasteiger partial charge in [-0.15, -0.1) is 0 Å². The summed E-state index contributed by atoms with van der Waals surface area (Å²) in [4.78, 5) is 0.367. The molecule has 1 aliphatic heterocycles. The zero-order chi connectivity index (χ0) is 14.0. The van der Waals surface area contributed by atoms with E-state index in [1.165, 1.54) is 4.31 Å². The fraction of sp³-hybridized carbons (Fsp3) is 0.538. The maximum atomic E-state index is 12.6. The van der Waals surface area contributed by atoms with Crippen molar-refractivity contribution in [1.82, 2.24) is 4.31 Å². The number of halogens is 1. The molecule has 1 heterocycles. The number of benzene rings is 1. The molecule has 1 saturated heterocycles. The molecule has 0 bridgehead atoms. The van der Waals surface area contributed by atoms with Gasteiger partial charge in [0.1, 0.15) is 0 Å². The van der Waals surface area contributed by atoms with E-state index in [0.717, 1.165) is 11.1 Å². The van der Waals surface area contributed by atoms with Crippen LogP contribution < -0.4 is 0 Å². The van der Waals surface area contributed by atoms with Gasteiger partial charge in [-0.05, 0) is 37.1 Å². The van der Waals surface area contributed by atoms with E-state index in [4.69, 9.17) is 4.74 Å². The highest BCUT2D eigenvalue weighted by atomic mass is 79.9. The summed E-state index contributed by atoms with van der Waals surface area (Å²) in [5, 5.41) is 0.645. The molecular weight excluding hydrogens is 330 g/mol. The average Bonchev–Trinajstić information content (AvgIpc) is 2.41. The lowest BCUT2D eigenvalue weighted by atomic mass is 10.1. The summed E-state index contributed by atoms with van der Waals surface area (Å²) in [6, 6.07) is 5.27. The molecule has 0 spiro atoms. The minimum Gasteiger partial charge on any atom is -0.375 e. The molecule has 0 N–H and O–H groups in total. The van der Waals surface area contributed by atoms with Gasteiger partial charge in [-0.3, -0.25) is 0 Å². The number of rotatable bonds is 3. The van der Waals surface area contributed by atoms with E-state index < -0.39 is 10.0 Å². The van der Waals surface area contributed by atoms with E-state index in [2.05, 4.69) is 15.9 Å². The highest BCUT2D eigenvalue weighted by molar-refractivity contribution is 9.09. The minimum absolute atomic E-state index is 0.0740. The van der Waals surface area contributed by atoms with Crippen LogP contribution in [0.2, 0.25) is 0 Å². The molecule has 19 heavy (non-hydrogen) atoms. The van der Waals surface area contributed by atoms with Gasteiger partial charge in [0.15, 0.2) is 0 Å². The first-order chi connectivity index (χ1) is 8.95. The van der Waals surface area contributed by atoms with Crippen molar-refractivity contribution in [2.75, 3.05) is 25.0 Å². The van der Waals surface area contributed by atoms with Gasteiger partial charge in [0.25, 0.3) is 0 Å². The van der Waals surface area contributed by atoms with Gasteiger partial charge in [-0.25, -0.2) is 8.42 Å². The number of morpholine rings is 1. The van der Waals surface area contributed by atoms with Crippen molar-refractivity contribution in [3.63, 3.8) is 0 Å². The predicted molar refractivity (Wildman–Crippen MR) is 78.2 cm³/mol. The molecular formula is C13H18BrNO3S. The fourth-order valence-electron chi connectivity index (χ4n) is 2.03. The van der Waals surface area contributed by atoms with Crippen LogP contribution in [0.3, 0.4) is 0 Å². The second-order valence-corrected chi connectivity index (χ2v) is 7.34. The quantitative estimate of drug-likeness (QED) is 0.786. The van der Waals surface area contributed by atoms with E-state index in [1.54, 1.807) is 12.1 Å². The van der Waals surface area contributed by atoms with Gasteiger partial charge in [-0.1, -0.05) is 22.0 Å². The van der Waals surface area contributed by atoms with Gasteiger partial charge >= 0.3 is 0 Å². The van der Waals surface area contributed by atoms with E-state index in [-0.39, 0.29) is 6.10 Å². The first-order valence-corrected chi connectivity index (χ1v) is 8.76. The molecule has 6 heteroatoms. The Bertz CT molecular complexity index is 559. The molecule has 4 nitrogen and oxygen atoms in total. The van der Waals surface area contributed by atoms with Crippen LogP contribution in [0.5, 0.6) is 0 Å². The minimum atomic E-state index is -3.41. The highest BCUT2D eigenvalue weighted by Gasteiger charge is 2.30. The number of nitrogens with zero attached hydrogens (tertiary/aromatic N) is 1. The number of hydrogen-bond acceptors (Lipinski definition) is 3. The van der Waals surface area contributed by atoms with Crippen LogP contribution in [0.15, 0.2) is 23.1 Å². The third kappa shape index (κ3) is 3.18. The van der Waals surface area contributed by atoms with Crippen LogP contribution in [0, 0.1) is 13.8 Å². The largest absolute Gasteiger partial charge is 0.375 e. The van der Waals surface area contributed by atoms with Crippen molar-refractivity contribution in [1.29, 1.82) is 0 Å². The Morgan fingerprint density at radius 2 is 2.11 bits per heavy atom. The van der Waals surface area contributed by atoms with Gasteiger partial charge in [0, 0.05) is 18.4 Å². The second-order valence-electron chi connectivity index (χ2n) is 4.76. The Kier molecular flexibility index (Phi) is 4.66. The van der Waals surface area contributed by atoms with Crippen LogP contribution in [0.1, 0.15) is 11.1 Å². The lowest BCUT2D eigenvalue weighted by Crippen LogP contribution is -2.46. The molecule has 0 amide bonds. The molecule has 0 aliphatic carbocycles. The monoisotopic (exact) mass is 347 g/mol. The van der Waals surface area contributed by atoms with Crippen LogP contribution in [0.25, 0.3) is 0 Å². The van der Waals surface area contributed by atoms with Gasteiger partial charge < -0.3 is 4.74 Å². The van der Waals surface area contributed by atoms with Crippen molar-refractivity contribution in [2.24, 2.45) is 0 Å². The highest BCUT2D eigenvalue weighted by Crippen LogP contribution is 2.21. The summed E-state index contributed by atoms with van der Waals surface area (Å²) in [6.07, 6.45) is -0.0740. The van der Waals surface area contributed by atoms with Crippen LogP contribution in [-0.4, -0.2) is 43.9 Å². The zero-order valence-corrected chi connectivity index (χ0v) is 13.5. The lowest BCUT2D eigenvalue weighted by molar-refractivity contribution is 0.0136. The molecule has 106 valence electrons. The molecule has 0 radical (unpaired) electrons. The van der Waals surface area contributed by atoms with Crippen molar-refractivity contribution < 1.29 is 13.2 Å². The molecule has 0 saturated carbocycles. The third-order valence-corrected chi connectivity index (χ3v) is 5.97. The van der Waals surface area contributed by atoms with Crippen molar-refractivity contribution >= 4 is 26.0 Å². The third-order valence-electron chi connectivity index (χ3n) is 3.39. The summed E-state index contributed by atoms with van der Waals surface area (Å²) >= 11 is 3.34. The SMILES string of the molecule is Cc1ccc(S(=O)(=O)N2CCOC(CBr)C2)cc1C. The Morgan fingerprint density at radius 3 is 2.74 bits per heavy atom. The van der Waals surface area contributed by atoms with E-state index >= 15 is 0 Å². The van der Waals surface area contributed by atoms with Gasteiger partial charge in [0.2, 0.25) is 10.0 Å². The summed E-state index contributed by atoms with van der Waals surface area (Å²) in [6.45, 7) is 5.16. The Labute approximate surface area is 122 Å². The summed E-state index contributed by atoms with van der Waals surface area (Å²) in [5.41, 5.74) is 2.09. The average molecular weight is 348 g/mol. The van der Waals surface area contributed by atoms with Crippen molar-refractivity contribution in [2.45, 2.75) is 24.8 Å². The Morgan fingerprint density at radius 1 is 1.37 bits per heavy atom. The first-order valence-electron chi connectivity index (χ1n) is 6.20. The van der Waals surface area contributed by atoms with Gasteiger partial charge in [0.05, 0.1) is 17.6 Å². The molecule has 0 aromatic heterocycles. The zero-order valence-electron chi connectivity index (χ0n) is 11.1. The molecule has 1 aromatic rings. The summed E-state index contributed by atoms with van der Waals surface area (Å²) in [5.74, 6) is 0. The van der Waals surface area contributed by atoms with Crippen molar-refractivity contribution in [3.8, 4) is 0 Å². The van der Waals surface area contributed by atoms with Crippen molar-refractivity contribution in [3.05, 3.63) is 29.3 Å². The van der Waals surface area contributed by atoms with Crippen LogP contribution in [0.4, 0.5) is 0 Å². The van der Waals surface area contributed by atoms with E-state index in [9.17, 15) is 8.42 Å². The Hall–Kier alpha value is -0.430. The maximum absolute atomic E-state index is 12.6. The summed E-state index contributed by atoms with van der Waals surface area (Å²) < 4.78 is 32.1. The fourth-order valence-corrected chi connectivity index (χ4v) is 3.96. The number of alkyl halides is 1. The molecule has 1 fully saturated rings. The number of ether oxygens (including phenoxy) is 1. The molecule has 1 atom stereocenters. The molecule has 1 aromatic carbocycles. The summed E-state index contributed by atoms with van der Waals surface area (Å²) in [7, 11) is -3.41. The smallest absolute Gasteiger partial charge is 0.243 e. The maximum Gasteiger partial charge on any atom is 0.243 e. The topological polar surface area (TPSA) is 46.6 Å². The standard InChI is InChI=1S/C13H18BrNO3S/c1-10-3-4-13(7-11(10)2)19(16,17)15-5-6-18-12(8-14)9-15/h3-4,7,12H,5-6,8-9H2,1-2H3. The molecule has 2 rings (SSSR count). The number of hydrogen-bond donors (Lipinski definition) is 0. The normalized spacial score (nSPS) is 21.5. The first kappa shape index (κ1) is 15.0. The lowest BCUT2D eigenvalue weighted by Gasteiger charge is -2.31. The van der Waals surface area contributed by atoms with E-state index in [0.29, 0.717) is 29.9 Å². The van der Waals surface area contributed by atoms with E-state index in [1.807, 2.05) is 19.9 Å². The predicted octanol–water partition coefficient (Wildman–Crippen LogP) is 2.09. The second kappa shape index (κ2) is 5.91. The Balaban J connectivity index is 2.28. The molecule has 1 unspecified atom stereocenters. The van der Waals surface area contributed by atoms with Crippen LogP contribution >= 0.6 is 15.9 Å². The molecule has 1 aliphatic rings. The number of aryl methyl sites for hydroxylation is 2. The van der Waals surface area contributed by atoms with Gasteiger partial charge in [-0.2, -0.15) is 4.31 Å². The number of sulfonamides is 1. The van der Waals surface area contributed by atoms with Crippen LogP contribution in [-0.2, 0) is 14.8 Å².